The van der Waals surface area contributed by atoms with Crippen LogP contribution in [0.15, 0.2) is 12.4 Å². The van der Waals surface area contributed by atoms with Crippen LogP contribution in [0.3, 0.4) is 0 Å². The second kappa shape index (κ2) is 7.75. The zero-order valence-electron chi connectivity index (χ0n) is 13.8. The van der Waals surface area contributed by atoms with E-state index in [4.69, 9.17) is 4.74 Å². The van der Waals surface area contributed by atoms with Gasteiger partial charge in [0.25, 0.3) is 5.91 Å². The second-order valence-corrected chi connectivity index (χ2v) is 5.56. The molecule has 126 valence electrons. The van der Waals surface area contributed by atoms with Crippen molar-refractivity contribution >= 4 is 17.8 Å². The van der Waals surface area contributed by atoms with Crippen molar-refractivity contribution in [3.8, 4) is 0 Å². The third kappa shape index (κ3) is 4.54. The number of ether oxygens (including phenoxy) is 1. The van der Waals surface area contributed by atoms with E-state index in [-0.39, 0.29) is 18.0 Å². The molecule has 0 radical (unpaired) electrons. The Balaban J connectivity index is 1.90. The lowest BCUT2D eigenvalue weighted by Gasteiger charge is -2.33. The van der Waals surface area contributed by atoms with Crippen LogP contribution in [0.5, 0.6) is 0 Å². The lowest BCUT2D eigenvalue weighted by Crippen LogP contribution is -2.50. The number of nitrogens with one attached hydrogen (secondary N) is 1. The van der Waals surface area contributed by atoms with Gasteiger partial charge in [-0.05, 0) is 20.8 Å². The number of hydrogen-bond donors (Lipinski definition) is 1. The Morgan fingerprint density at radius 2 is 1.83 bits per heavy atom. The van der Waals surface area contributed by atoms with Crippen LogP contribution in [0.1, 0.15) is 31.3 Å². The molecule has 0 bridgehead atoms. The molecule has 8 nitrogen and oxygen atoms in total. The number of anilines is 1. The predicted molar refractivity (Wildman–Crippen MR) is 85.3 cm³/mol. The number of nitrogens with zero attached hydrogens (tertiary/aromatic N) is 4. The van der Waals surface area contributed by atoms with Crippen LogP contribution in [-0.4, -0.2) is 70.6 Å². The molecule has 1 aromatic rings. The highest BCUT2D eigenvalue weighted by Crippen LogP contribution is 2.09. The zero-order valence-corrected chi connectivity index (χ0v) is 13.8. The Bertz CT molecular complexity index is 539. The zero-order chi connectivity index (χ0) is 16.8. The highest BCUT2D eigenvalue weighted by Gasteiger charge is 2.26. The van der Waals surface area contributed by atoms with E-state index < -0.39 is 0 Å². The third-order valence-electron chi connectivity index (χ3n) is 3.40. The van der Waals surface area contributed by atoms with Crippen LogP contribution >= 0.6 is 0 Å². The molecule has 2 amide bonds. The van der Waals surface area contributed by atoms with Crippen LogP contribution in [0.2, 0.25) is 0 Å². The topological polar surface area (TPSA) is 87.7 Å². The third-order valence-corrected chi connectivity index (χ3v) is 3.40. The van der Waals surface area contributed by atoms with Crippen molar-refractivity contribution < 1.29 is 14.3 Å². The van der Waals surface area contributed by atoms with Crippen LogP contribution < -0.4 is 5.32 Å². The lowest BCUT2D eigenvalue weighted by molar-refractivity contribution is 0.0565. The predicted octanol–water partition coefficient (Wildman–Crippen LogP) is 1.21. The normalized spacial score (nSPS) is 14.8. The molecule has 1 aromatic heterocycles. The van der Waals surface area contributed by atoms with E-state index in [1.54, 1.807) is 22.9 Å². The Kier molecular flexibility index (Phi) is 5.72. The van der Waals surface area contributed by atoms with E-state index >= 15 is 0 Å². The van der Waals surface area contributed by atoms with Gasteiger partial charge < -0.3 is 19.9 Å². The Labute approximate surface area is 135 Å². The minimum atomic E-state index is -0.330. The number of hydrogen-bond acceptors (Lipinski definition) is 6. The number of carbonyl (C=O) groups excluding carboxylic acids is 2. The number of rotatable bonds is 4. The molecule has 0 spiro atoms. The van der Waals surface area contributed by atoms with Gasteiger partial charge in [0.1, 0.15) is 11.5 Å². The van der Waals surface area contributed by atoms with Gasteiger partial charge in [0.15, 0.2) is 0 Å². The van der Waals surface area contributed by atoms with Gasteiger partial charge in [0.05, 0.1) is 19.0 Å². The first-order chi connectivity index (χ1) is 11.0. The van der Waals surface area contributed by atoms with Crippen molar-refractivity contribution in [2.24, 2.45) is 0 Å². The van der Waals surface area contributed by atoms with Crippen molar-refractivity contribution in [3.63, 3.8) is 0 Å². The summed E-state index contributed by atoms with van der Waals surface area (Å²) in [7, 11) is 0. The molecule has 2 heterocycles. The lowest BCUT2D eigenvalue weighted by atomic mass is 10.3. The Hall–Kier alpha value is -2.38. The SMILES string of the molecule is CCOC(=O)N1CCN(C(=O)c2cnc(NC(C)C)cn2)CC1. The molecule has 8 heteroatoms. The maximum absolute atomic E-state index is 12.4. The summed E-state index contributed by atoms with van der Waals surface area (Å²) >= 11 is 0. The van der Waals surface area contributed by atoms with Crippen LogP contribution in [0.25, 0.3) is 0 Å². The molecule has 1 fully saturated rings. The summed E-state index contributed by atoms with van der Waals surface area (Å²) in [5.41, 5.74) is 0.309. The van der Waals surface area contributed by atoms with Crippen molar-refractivity contribution in [1.29, 1.82) is 0 Å². The van der Waals surface area contributed by atoms with Gasteiger partial charge in [-0.1, -0.05) is 0 Å². The first-order valence-corrected chi connectivity index (χ1v) is 7.80. The number of amides is 2. The van der Waals surface area contributed by atoms with E-state index in [9.17, 15) is 9.59 Å². The number of carbonyl (C=O) groups is 2. The first kappa shape index (κ1) is 17.0. The second-order valence-electron chi connectivity index (χ2n) is 5.56. The van der Waals surface area contributed by atoms with Crippen molar-refractivity contribution in [2.75, 3.05) is 38.1 Å². The van der Waals surface area contributed by atoms with E-state index in [0.717, 1.165) is 0 Å². The molecular formula is C15H23N5O3. The molecule has 0 aliphatic carbocycles. The maximum atomic E-state index is 12.4. The minimum absolute atomic E-state index is 0.169. The standard InChI is InChI=1S/C15H23N5O3/c1-4-23-15(22)20-7-5-19(6-8-20)14(21)12-9-17-13(10-16-12)18-11(2)3/h9-11H,4-8H2,1-3H3,(H,17,18). The summed E-state index contributed by atoms with van der Waals surface area (Å²) in [5.74, 6) is 0.473. The summed E-state index contributed by atoms with van der Waals surface area (Å²) in [5, 5.41) is 3.12. The molecule has 0 atom stereocenters. The van der Waals surface area contributed by atoms with E-state index in [1.807, 2.05) is 13.8 Å². The molecule has 2 rings (SSSR count). The van der Waals surface area contributed by atoms with Crippen LogP contribution in [0.4, 0.5) is 10.6 Å². The van der Waals surface area contributed by atoms with Crippen LogP contribution in [0, 0.1) is 0 Å². The average Bonchev–Trinajstić information content (AvgIpc) is 2.55. The van der Waals surface area contributed by atoms with E-state index in [2.05, 4.69) is 15.3 Å². The van der Waals surface area contributed by atoms with Gasteiger partial charge in [-0.25, -0.2) is 14.8 Å². The number of piperazine rings is 1. The molecule has 1 aliphatic rings. The van der Waals surface area contributed by atoms with Crippen LogP contribution in [-0.2, 0) is 4.74 Å². The highest BCUT2D eigenvalue weighted by atomic mass is 16.6. The Morgan fingerprint density at radius 1 is 1.17 bits per heavy atom. The quantitative estimate of drug-likeness (QED) is 0.897. The maximum Gasteiger partial charge on any atom is 0.409 e. The monoisotopic (exact) mass is 321 g/mol. The van der Waals surface area contributed by atoms with Crippen molar-refractivity contribution in [3.05, 3.63) is 18.1 Å². The molecule has 0 saturated carbocycles. The van der Waals surface area contributed by atoms with E-state index in [0.29, 0.717) is 44.3 Å². The fourth-order valence-electron chi connectivity index (χ4n) is 2.28. The molecule has 23 heavy (non-hydrogen) atoms. The number of aromatic nitrogens is 2. The summed E-state index contributed by atoms with van der Waals surface area (Å²) in [4.78, 5) is 35.7. The van der Waals surface area contributed by atoms with E-state index in [1.165, 1.54) is 6.20 Å². The fourth-order valence-corrected chi connectivity index (χ4v) is 2.28. The van der Waals surface area contributed by atoms with Gasteiger partial charge >= 0.3 is 6.09 Å². The average molecular weight is 321 g/mol. The smallest absolute Gasteiger partial charge is 0.409 e. The molecular weight excluding hydrogens is 298 g/mol. The molecule has 1 aliphatic heterocycles. The van der Waals surface area contributed by atoms with Crippen molar-refractivity contribution in [1.82, 2.24) is 19.8 Å². The summed E-state index contributed by atoms with van der Waals surface area (Å²) in [6, 6.07) is 0.252. The summed E-state index contributed by atoms with van der Waals surface area (Å²) < 4.78 is 4.96. The highest BCUT2D eigenvalue weighted by molar-refractivity contribution is 5.92. The molecule has 1 saturated heterocycles. The van der Waals surface area contributed by atoms with Gasteiger partial charge in [-0.3, -0.25) is 4.79 Å². The van der Waals surface area contributed by atoms with Gasteiger partial charge in [-0.15, -0.1) is 0 Å². The molecule has 1 N–H and O–H groups in total. The fraction of sp³-hybridized carbons (Fsp3) is 0.600. The summed E-state index contributed by atoms with van der Waals surface area (Å²) in [6.45, 7) is 7.98. The van der Waals surface area contributed by atoms with Gasteiger partial charge in [0, 0.05) is 32.2 Å². The van der Waals surface area contributed by atoms with Crippen molar-refractivity contribution in [2.45, 2.75) is 26.8 Å². The van der Waals surface area contributed by atoms with Gasteiger partial charge in [0.2, 0.25) is 0 Å². The first-order valence-electron chi connectivity index (χ1n) is 7.80. The van der Waals surface area contributed by atoms with Gasteiger partial charge in [-0.2, -0.15) is 0 Å². The molecule has 0 unspecified atom stereocenters. The summed E-state index contributed by atoms with van der Waals surface area (Å²) in [6.07, 6.45) is 2.70. The molecule has 0 aromatic carbocycles. The Morgan fingerprint density at radius 3 is 2.35 bits per heavy atom. The minimum Gasteiger partial charge on any atom is -0.450 e. The largest absolute Gasteiger partial charge is 0.450 e.